The van der Waals surface area contributed by atoms with Gasteiger partial charge in [0.1, 0.15) is 5.75 Å². The van der Waals surface area contributed by atoms with Crippen molar-refractivity contribution in [3.05, 3.63) is 59.2 Å². The van der Waals surface area contributed by atoms with Gasteiger partial charge in [-0.05, 0) is 68.5 Å². The Balaban J connectivity index is 1.74. The molecule has 2 aromatic rings. The second-order valence-corrected chi connectivity index (χ2v) is 6.53. The molecule has 0 aromatic heterocycles. The van der Waals surface area contributed by atoms with Crippen LogP contribution >= 0.6 is 0 Å². The molecule has 4 nitrogen and oxygen atoms in total. The summed E-state index contributed by atoms with van der Waals surface area (Å²) in [7, 11) is 0. The fraction of sp³-hybridized carbons (Fsp3) is 0.381. The Kier molecular flexibility index (Phi) is 5.27. The van der Waals surface area contributed by atoms with Gasteiger partial charge in [-0.1, -0.05) is 24.3 Å². The predicted octanol–water partition coefficient (Wildman–Crippen LogP) is 5.07. The van der Waals surface area contributed by atoms with E-state index >= 15 is 0 Å². The van der Waals surface area contributed by atoms with Gasteiger partial charge in [-0.25, -0.2) is 4.79 Å². The number of nitrogens with one attached hydrogen (secondary N) is 1. The van der Waals surface area contributed by atoms with Gasteiger partial charge in [0.05, 0.1) is 12.6 Å². The number of hydrogen-bond donors (Lipinski definition) is 1. The lowest BCUT2D eigenvalue weighted by atomic mass is 10.0. The number of benzene rings is 2. The molecule has 25 heavy (non-hydrogen) atoms. The van der Waals surface area contributed by atoms with Crippen molar-refractivity contribution in [2.75, 3.05) is 18.5 Å². The molecule has 1 heterocycles. The van der Waals surface area contributed by atoms with Crippen LogP contribution in [0.1, 0.15) is 42.5 Å². The summed E-state index contributed by atoms with van der Waals surface area (Å²) in [6.45, 7) is 7.52. The summed E-state index contributed by atoms with van der Waals surface area (Å²) in [6, 6.07) is 14.2. The van der Waals surface area contributed by atoms with Crippen LogP contribution in [0, 0.1) is 13.8 Å². The summed E-state index contributed by atoms with van der Waals surface area (Å²) >= 11 is 0. The largest absolute Gasteiger partial charge is 0.494 e. The predicted molar refractivity (Wildman–Crippen MR) is 101 cm³/mol. The van der Waals surface area contributed by atoms with Gasteiger partial charge >= 0.3 is 6.03 Å². The molecule has 1 atom stereocenters. The molecule has 0 bridgehead atoms. The summed E-state index contributed by atoms with van der Waals surface area (Å²) in [6.07, 6.45) is 2.02. The van der Waals surface area contributed by atoms with Crippen molar-refractivity contribution in [1.82, 2.24) is 4.90 Å². The number of carbonyl (C=O) groups is 1. The van der Waals surface area contributed by atoms with Crippen molar-refractivity contribution >= 4 is 11.7 Å². The van der Waals surface area contributed by atoms with Crippen LogP contribution in [0.4, 0.5) is 10.5 Å². The maximum atomic E-state index is 12.8. The Morgan fingerprint density at radius 2 is 1.96 bits per heavy atom. The van der Waals surface area contributed by atoms with Gasteiger partial charge in [-0.15, -0.1) is 0 Å². The Labute approximate surface area is 149 Å². The van der Waals surface area contributed by atoms with Gasteiger partial charge in [-0.3, -0.25) is 0 Å². The van der Waals surface area contributed by atoms with E-state index in [2.05, 4.69) is 30.4 Å². The number of urea groups is 1. The number of amides is 2. The van der Waals surface area contributed by atoms with E-state index < -0.39 is 0 Å². The molecule has 0 radical (unpaired) electrons. The third-order valence-corrected chi connectivity index (χ3v) is 4.94. The lowest BCUT2D eigenvalue weighted by molar-refractivity contribution is 0.207. The van der Waals surface area contributed by atoms with Crippen molar-refractivity contribution in [3.8, 4) is 5.75 Å². The highest BCUT2D eigenvalue weighted by atomic mass is 16.5. The molecule has 2 aromatic carbocycles. The van der Waals surface area contributed by atoms with Crippen LogP contribution in [-0.4, -0.2) is 24.1 Å². The second kappa shape index (κ2) is 7.60. The van der Waals surface area contributed by atoms with Gasteiger partial charge in [-0.2, -0.15) is 0 Å². The number of hydrogen-bond acceptors (Lipinski definition) is 2. The zero-order valence-corrected chi connectivity index (χ0v) is 15.2. The van der Waals surface area contributed by atoms with Gasteiger partial charge in [0.25, 0.3) is 0 Å². The Bertz CT molecular complexity index is 740. The lowest BCUT2D eigenvalue weighted by Crippen LogP contribution is -2.34. The van der Waals surface area contributed by atoms with E-state index in [9.17, 15) is 4.79 Å². The van der Waals surface area contributed by atoms with Crippen LogP contribution < -0.4 is 10.1 Å². The molecular formula is C21H26N2O2. The molecule has 4 heteroatoms. The third kappa shape index (κ3) is 3.78. The molecule has 1 aliphatic rings. The topological polar surface area (TPSA) is 41.6 Å². The molecule has 3 rings (SSSR count). The van der Waals surface area contributed by atoms with Crippen molar-refractivity contribution in [2.24, 2.45) is 0 Å². The first-order chi connectivity index (χ1) is 12.1. The van der Waals surface area contributed by atoms with Gasteiger partial charge in [0.2, 0.25) is 0 Å². The highest BCUT2D eigenvalue weighted by molar-refractivity contribution is 5.90. The molecular weight excluding hydrogens is 312 g/mol. The van der Waals surface area contributed by atoms with E-state index in [1.807, 2.05) is 43.0 Å². The zero-order chi connectivity index (χ0) is 17.8. The first-order valence-electron chi connectivity index (χ1n) is 8.96. The van der Waals surface area contributed by atoms with Crippen molar-refractivity contribution < 1.29 is 9.53 Å². The number of ether oxygens (including phenoxy) is 1. The van der Waals surface area contributed by atoms with Crippen molar-refractivity contribution in [2.45, 2.75) is 39.7 Å². The fourth-order valence-electron chi connectivity index (χ4n) is 3.38. The minimum atomic E-state index is -0.0231. The molecule has 1 N–H and O–H groups in total. The van der Waals surface area contributed by atoms with Crippen LogP contribution in [0.25, 0.3) is 0 Å². The quantitative estimate of drug-likeness (QED) is 0.845. The van der Waals surface area contributed by atoms with Crippen LogP contribution in [0.2, 0.25) is 0 Å². The van der Waals surface area contributed by atoms with Crippen LogP contribution in [0.3, 0.4) is 0 Å². The fourth-order valence-corrected chi connectivity index (χ4v) is 3.38. The average molecular weight is 338 g/mol. The van der Waals surface area contributed by atoms with E-state index in [-0.39, 0.29) is 12.1 Å². The summed E-state index contributed by atoms with van der Waals surface area (Å²) in [5.41, 5.74) is 4.36. The summed E-state index contributed by atoms with van der Waals surface area (Å²) < 4.78 is 5.51. The molecule has 1 aliphatic heterocycles. The first kappa shape index (κ1) is 17.3. The zero-order valence-electron chi connectivity index (χ0n) is 15.2. The Morgan fingerprint density at radius 3 is 2.68 bits per heavy atom. The molecule has 1 saturated heterocycles. The third-order valence-electron chi connectivity index (χ3n) is 4.94. The highest BCUT2D eigenvalue weighted by Crippen LogP contribution is 2.33. The van der Waals surface area contributed by atoms with Crippen LogP contribution in [0.15, 0.2) is 42.5 Å². The van der Waals surface area contributed by atoms with Gasteiger partial charge in [0, 0.05) is 12.2 Å². The van der Waals surface area contributed by atoms with Crippen LogP contribution in [-0.2, 0) is 0 Å². The monoisotopic (exact) mass is 338 g/mol. The molecule has 1 fully saturated rings. The summed E-state index contributed by atoms with van der Waals surface area (Å²) in [5, 5.41) is 3.09. The minimum absolute atomic E-state index is 0.0231. The summed E-state index contributed by atoms with van der Waals surface area (Å²) in [5.74, 6) is 0.871. The van der Waals surface area contributed by atoms with Gasteiger partial charge < -0.3 is 15.0 Å². The maximum Gasteiger partial charge on any atom is 0.322 e. The molecule has 0 aliphatic carbocycles. The van der Waals surface area contributed by atoms with E-state index in [1.54, 1.807) is 0 Å². The molecule has 1 unspecified atom stereocenters. The van der Waals surface area contributed by atoms with Gasteiger partial charge in [0.15, 0.2) is 0 Å². The summed E-state index contributed by atoms with van der Waals surface area (Å²) in [4.78, 5) is 14.8. The average Bonchev–Trinajstić information content (AvgIpc) is 3.10. The minimum Gasteiger partial charge on any atom is -0.494 e. The molecule has 132 valence electrons. The van der Waals surface area contributed by atoms with E-state index in [0.717, 1.165) is 42.0 Å². The van der Waals surface area contributed by atoms with E-state index in [1.165, 1.54) is 5.56 Å². The number of aryl methyl sites for hydroxylation is 1. The SMILES string of the molecule is CCOc1ccc(C2CCCN2C(=O)Nc2cccc(C)c2C)cc1. The number of carbonyl (C=O) groups excluding carboxylic acids is 1. The highest BCUT2D eigenvalue weighted by Gasteiger charge is 2.30. The maximum absolute atomic E-state index is 12.8. The molecule has 0 spiro atoms. The molecule has 2 amide bonds. The van der Waals surface area contributed by atoms with Crippen molar-refractivity contribution in [3.63, 3.8) is 0 Å². The van der Waals surface area contributed by atoms with E-state index in [0.29, 0.717) is 6.61 Å². The Hall–Kier alpha value is -2.49. The number of nitrogens with zero attached hydrogens (tertiary/aromatic N) is 1. The first-order valence-corrected chi connectivity index (χ1v) is 8.96. The lowest BCUT2D eigenvalue weighted by Gasteiger charge is -2.26. The molecule has 0 saturated carbocycles. The number of likely N-dealkylation sites (tertiary alicyclic amines) is 1. The standard InChI is InChI=1S/C21H26N2O2/c1-4-25-18-12-10-17(11-13-18)20-9-6-14-23(20)21(24)22-19-8-5-7-15(2)16(19)3/h5,7-8,10-13,20H,4,6,9,14H2,1-3H3,(H,22,24). The Morgan fingerprint density at radius 1 is 1.20 bits per heavy atom. The normalized spacial score (nSPS) is 16.8. The van der Waals surface area contributed by atoms with Crippen LogP contribution in [0.5, 0.6) is 5.75 Å². The van der Waals surface area contributed by atoms with Crippen molar-refractivity contribution in [1.29, 1.82) is 0 Å². The van der Waals surface area contributed by atoms with E-state index in [4.69, 9.17) is 4.74 Å². The number of rotatable bonds is 4. The second-order valence-electron chi connectivity index (χ2n) is 6.53. The smallest absolute Gasteiger partial charge is 0.322 e. The number of anilines is 1.